The second-order valence-corrected chi connectivity index (χ2v) is 4.09. The van der Waals surface area contributed by atoms with Gasteiger partial charge in [-0.05, 0) is 31.1 Å². The zero-order valence-electron chi connectivity index (χ0n) is 7.26. The first-order chi connectivity index (χ1) is 5.47. The molecule has 0 saturated heterocycles. The summed E-state index contributed by atoms with van der Waals surface area (Å²) in [5, 5.41) is 0. The minimum atomic E-state index is 1.06. The van der Waals surface area contributed by atoms with Gasteiger partial charge in [-0.15, -0.1) is 0 Å². The van der Waals surface area contributed by atoms with Crippen LogP contribution in [-0.2, 0) is 0 Å². The van der Waals surface area contributed by atoms with Gasteiger partial charge in [0.15, 0.2) is 0 Å². The van der Waals surface area contributed by atoms with Gasteiger partial charge in [-0.25, -0.2) is 0 Å². The van der Waals surface area contributed by atoms with Gasteiger partial charge in [0.25, 0.3) is 0 Å². The Morgan fingerprint density at radius 3 is 2.27 bits per heavy atom. The summed E-state index contributed by atoms with van der Waals surface area (Å²) < 4.78 is 0. The molecule has 0 amide bonds. The van der Waals surface area contributed by atoms with Crippen LogP contribution in [0.15, 0.2) is 12.2 Å². The van der Waals surface area contributed by atoms with E-state index in [9.17, 15) is 0 Å². The van der Waals surface area contributed by atoms with Crippen molar-refractivity contribution in [3.8, 4) is 0 Å². The van der Waals surface area contributed by atoms with E-state index < -0.39 is 0 Å². The molecule has 2 aliphatic carbocycles. The Bertz CT molecular complexity index is 140. The van der Waals surface area contributed by atoms with Crippen LogP contribution in [0.2, 0.25) is 0 Å². The molecule has 0 aliphatic heterocycles. The molecule has 0 spiro atoms. The Labute approximate surface area is 69.7 Å². The number of allylic oxidation sites excluding steroid dienone is 2. The maximum atomic E-state index is 2.40. The Morgan fingerprint density at radius 1 is 0.818 bits per heavy atom. The molecule has 0 aromatic heterocycles. The molecule has 1 unspecified atom stereocenters. The van der Waals surface area contributed by atoms with Crippen LogP contribution < -0.4 is 0 Å². The van der Waals surface area contributed by atoms with Gasteiger partial charge in [0, 0.05) is 0 Å². The molecule has 1 saturated carbocycles. The Balaban J connectivity index is 1.88. The Hall–Kier alpha value is -0.260. The highest BCUT2D eigenvalue weighted by Crippen LogP contribution is 2.37. The van der Waals surface area contributed by atoms with Crippen molar-refractivity contribution < 1.29 is 0 Å². The number of hydrogen-bond acceptors (Lipinski definition) is 0. The van der Waals surface area contributed by atoms with Crippen LogP contribution in [-0.4, -0.2) is 0 Å². The maximum Gasteiger partial charge on any atom is -0.0319 e. The SMILES string of the molecule is C1=CCC(C2CCCC2)CC1. The van der Waals surface area contributed by atoms with Crippen molar-refractivity contribution in [3.05, 3.63) is 12.2 Å². The molecule has 0 heteroatoms. The quantitative estimate of drug-likeness (QED) is 0.502. The van der Waals surface area contributed by atoms with Gasteiger partial charge in [0.2, 0.25) is 0 Å². The highest BCUT2D eigenvalue weighted by molar-refractivity contribution is 4.92. The molecule has 0 aromatic carbocycles. The first-order valence-corrected chi connectivity index (χ1v) is 5.12. The minimum Gasteiger partial charge on any atom is -0.0885 e. The van der Waals surface area contributed by atoms with Gasteiger partial charge in [0.1, 0.15) is 0 Å². The van der Waals surface area contributed by atoms with E-state index in [4.69, 9.17) is 0 Å². The van der Waals surface area contributed by atoms with Crippen LogP contribution in [0.5, 0.6) is 0 Å². The second-order valence-electron chi connectivity index (χ2n) is 4.09. The summed E-state index contributed by atoms with van der Waals surface area (Å²) in [5.41, 5.74) is 0. The fourth-order valence-electron chi connectivity index (χ4n) is 2.67. The second kappa shape index (κ2) is 3.42. The third-order valence-corrected chi connectivity index (χ3v) is 3.38. The molecule has 11 heavy (non-hydrogen) atoms. The van der Waals surface area contributed by atoms with Crippen LogP contribution in [0.1, 0.15) is 44.9 Å². The fraction of sp³-hybridized carbons (Fsp3) is 0.818. The molecular formula is C11H18. The minimum absolute atomic E-state index is 1.06. The standard InChI is InChI=1S/C11H18/c1-2-6-10(7-3-1)11-8-4-5-9-11/h1-2,10-11H,3-9H2. The van der Waals surface area contributed by atoms with Crippen molar-refractivity contribution >= 4 is 0 Å². The van der Waals surface area contributed by atoms with E-state index in [1.807, 2.05) is 0 Å². The van der Waals surface area contributed by atoms with Crippen molar-refractivity contribution in [2.75, 3.05) is 0 Å². The lowest BCUT2D eigenvalue weighted by Gasteiger charge is -2.23. The van der Waals surface area contributed by atoms with E-state index in [1.165, 1.54) is 44.9 Å². The van der Waals surface area contributed by atoms with Crippen LogP contribution in [0.3, 0.4) is 0 Å². The summed E-state index contributed by atoms with van der Waals surface area (Å²) in [7, 11) is 0. The van der Waals surface area contributed by atoms with Crippen molar-refractivity contribution in [3.63, 3.8) is 0 Å². The molecule has 0 aromatic rings. The molecule has 1 atom stereocenters. The summed E-state index contributed by atoms with van der Waals surface area (Å²) in [6.07, 6.45) is 15.0. The molecule has 2 rings (SSSR count). The number of rotatable bonds is 1. The smallest absolute Gasteiger partial charge is 0.0319 e. The lowest BCUT2D eigenvalue weighted by molar-refractivity contribution is 0.315. The van der Waals surface area contributed by atoms with Gasteiger partial charge >= 0.3 is 0 Å². The summed E-state index contributed by atoms with van der Waals surface area (Å²) in [5.74, 6) is 2.16. The van der Waals surface area contributed by atoms with Crippen molar-refractivity contribution in [1.82, 2.24) is 0 Å². The molecule has 0 N–H and O–H groups in total. The van der Waals surface area contributed by atoms with Crippen molar-refractivity contribution in [2.24, 2.45) is 11.8 Å². The van der Waals surface area contributed by atoms with Crippen LogP contribution in [0.25, 0.3) is 0 Å². The number of hydrogen-bond donors (Lipinski definition) is 0. The third kappa shape index (κ3) is 1.66. The molecule has 1 fully saturated rings. The normalized spacial score (nSPS) is 32.9. The van der Waals surface area contributed by atoms with Crippen LogP contribution >= 0.6 is 0 Å². The van der Waals surface area contributed by atoms with Crippen molar-refractivity contribution in [2.45, 2.75) is 44.9 Å². The summed E-state index contributed by atoms with van der Waals surface area (Å²) >= 11 is 0. The third-order valence-electron chi connectivity index (χ3n) is 3.38. The van der Waals surface area contributed by atoms with E-state index in [0.29, 0.717) is 0 Å². The Morgan fingerprint density at radius 2 is 1.64 bits per heavy atom. The van der Waals surface area contributed by atoms with Gasteiger partial charge in [-0.2, -0.15) is 0 Å². The molecular weight excluding hydrogens is 132 g/mol. The van der Waals surface area contributed by atoms with Crippen LogP contribution in [0, 0.1) is 11.8 Å². The molecule has 0 heterocycles. The average Bonchev–Trinajstić information content (AvgIpc) is 2.58. The van der Waals surface area contributed by atoms with Gasteiger partial charge < -0.3 is 0 Å². The van der Waals surface area contributed by atoms with Crippen molar-refractivity contribution in [1.29, 1.82) is 0 Å². The van der Waals surface area contributed by atoms with E-state index in [2.05, 4.69) is 12.2 Å². The highest BCUT2D eigenvalue weighted by atomic mass is 14.3. The molecule has 0 bridgehead atoms. The predicted molar refractivity (Wildman–Crippen MR) is 48.4 cm³/mol. The first kappa shape index (κ1) is 7.39. The summed E-state index contributed by atoms with van der Waals surface area (Å²) in [6, 6.07) is 0. The first-order valence-electron chi connectivity index (χ1n) is 5.12. The average molecular weight is 150 g/mol. The zero-order chi connectivity index (χ0) is 7.52. The van der Waals surface area contributed by atoms with E-state index in [1.54, 1.807) is 0 Å². The van der Waals surface area contributed by atoms with E-state index in [0.717, 1.165) is 11.8 Å². The Kier molecular flexibility index (Phi) is 2.30. The van der Waals surface area contributed by atoms with Crippen LogP contribution in [0.4, 0.5) is 0 Å². The van der Waals surface area contributed by atoms with Gasteiger partial charge in [0.05, 0.1) is 0 Å². The van der Waals surface area contributed by atoms with Gasteiger partial charge in [-0.1, -0.05) is 37.8 Å². The maximum absolute atomic E-state index is 2.40. The summed E-state index contributed by atoms with van der Waals surface area (Å²) in [4.78, 5) is 0. The molecule has 2 aliphatic rings. The highest BCUT2D eigenvalue weighted by Gasteiger charge is 2.24. The molecule has 0 nitrogen and oxygen atoms in total. The molecule has 62 valence electrons. The zero-order valence-corrected chi connectivity index (χ0v) is 7.26. The topological polar surface area (TPSA) is 0 Å². The molecule has 0 radical (unpaired) electrons. The lowest BCUT2D eigenvalue weighted by Crippen LogP contribution is -2.12. The van der Waals surface area contributed by atoms with E-state index >= 15 is 0 Å². The summed E-state index contributed by atoms with van der Waals surface area (Å²) in [6.45, 7) is 0. The predicted octanol–water partition coefficient (Wildman–Crippen LogP) is 3.53. The largest absolute Gasteiger partial charge is 0.0885 e. The van der Waals surface area contributed by atoms with Gasteiger partial charge in [-0.3, -0.25) is 0 Å². The monoisotopic (exact) mass is 150 g/mol. The van der Waals surface area contributed by atoms with E-state index in [-0.39, 0.29) is 0 Å². The lowest BCUT2D eigenvalue weighted by atomic mass is 9.82. The fourth-order valence-corrected chi connectivity index (χ4v) is 2.67.